The van der Waals surface area contributed by atoms with Crippen LogP contribution >= 0.6 is 15.9 Å². The van der Waals surface area contributed by atoms with Crippen molar-refractivity contribution in [2.24, 2.45) is 0 Å². The van der Waals surface area contributed by atoms with Gasteiger partial charge in [0.05, 0.1) is 0 Å². The van der Waals surface area contributed by atoms with Crippen LogP contribution in [0, 0.1) is 0 Å². The third-order valence-corrected chi connectivity index (χ3v) is 1.88. The normalized spacial score (nSPS) is 24.1. The molecule has 1 amide bonds. The van der Waals surface area contributed by atoms with Gasteiger partial charge in [0.15, 0.2) is 0 Å². The molecule has 50 valence electrons. The van der Waals surface area contributed by atoms with Crippen molar-refractivity contribution < 1.29 is 4.79 Å². The van der Waals surface area contributed by atoms with Crippen molar-refractivity contribution in [1.29, 1.82) is 0 Å². The Kier molecular flexibility index (Phi) is 2.28. The van der Waals surface area contributed by atoms with E-state index in [9.17, 15) is 4.79 Å². The van der Waals surface area contributed by atoms with Gasteiger partial charge in [-0.25, -0.2) is 0 Å². The van der Waals surface area contributed by atoms with Gasteiger partial charge in [-0.1, -0.05) is 15.9 Å². The van der Waals surface area contributed by atoms with Crippen LogP contribution in [0.4, 0.5) is 0 Å². The number of amides is 1. The Hall–Kier alpha value is -0.310. The van der Waals surface area contributed by atoms with Gasteiger partial charge >= 0.3 is 0 Å². The third-order valence-electron chi connectivity index (χ3n) is 1.33. The Morgan fingerprint density at radius 1 is 1.67 bits per heavy atom. The molecule has 0 aliphatic carbocycles. The number of hydrogen-bond acceptors (Lipinski definition) is 1. The molecule has 1 saturated heterocycles. The summed E-state index contributed by atoms with van der Waals surface area (Å²) in [5, 5.41) is 2.75. The second-order valence-electron chi connectivity index (χ2n) is 1.99. The van der Waals surface area contributed by atoms with Gasteiger partial charge in [0.2, 0.25) is 5.91 Å². The molecule has 3 heteroatoms. The predicted octanol–water partition coefficient (Wildman–Crippen LogP) is 1.18. The van der Waals surface area contributed by atoms with E-state index < -0.39 is 0 Å². The van der Waals surface area contributed by atoms with Gasteiger partial charge in [0.25, 0.3) is 0 Å². The number of halogens is 1. The molecule has 1 fully saturated rings. The molecule has 9 heavy (non-hydrogen) atoms. The summed E-state index contributed by atoms with van der Waals surface area (Å²) in [5.74, 6) is 0.0677. The van der Waals surface area contributed by atoms with Crippen LogP contribution < -0.4 is 5.32 Å². The van der Waals surface area contributed by atoms with Gasteiger partial charge in [0.1, 0.15) is 0 Å². The molecular weight excluding hydrogens is 182 g/mol. The molecule has 0 bridgehead atoms. The van der Waals surface area contributed by atoms with Crippen molar-refractivity contribution in [2.45, 2.75) is 12.8 Å². The van der Waals surface area contributed by atoms with Crippen LogP contribution in [0.25, 0.3) is 0 Å². The van der Waals surface area contributed by atoms with Crippen LogP contribution in [-0.4, -0.2) is 12.5 Å². The van der Waals surface area contributed by atoms with E-state index in [4.69, 9.17) is 0 Å². The number of rotatable bonds is 0. The fourth-order valence-corrected chi connectivity index (χ4v) is 1.25. The molecule has 0 atom stereocenters. The van der Waals surface area contributed by atoms with E-state index in [2.05, 4.69) is 21.2 Å². The van der Waals surface area contributed by atoms with Crippen molar-refractivity contribution in [1.82, 2.24) is 5.32 Å². The van der Waals surface area contributed by atoms with Crippen molar-refractivity contribution in [3.8, 4) is 0 Å². The smallest absolute Gasteiger partial charge is 0.247 e. The molecule has 0 radical (unpaired) electrons. The molecule has 1 aliphatic rings. The van der Waals surface area contributed by atoms with Crippen LogP contribution in [0.2, 0.25) is 0 Å². The SMILES string of the molecule is O=C1NCCC/C1=C/Br. The number of nitrogens with one attached hydrogen (secondary N) is 1. The van der Waals surface area contributed by atoms with E-state index in [0.29, 0.717) is 0 Å². The van der Waals surface area contributed by atoms with Gasteiger partial charge < -0.3 is 5.32 Å². The van der Waals surface area contributed by atoms with Crippen molar-refractivity contribution in [2.75, 3.05) is 6.54 Å². The zero-order valence-electron chi connectivity index (χ0n) is 4.98. The second kappa shape index (κ2) is 3.01. The zero-order chi connectivity index (χ0) is 6.69. The molecule has 1 heterocycles. The van der Waals surface area contributed by atoms with Crippen LogP contribution in [0.1, 0.15) is 12.8 Å². The lowest BCUT2D eigenvalue weighted by Crippen LogP contribution is -2.30. The average Bonchev–Trinajstić information content (AvgIpc) is 1.89. The van der Waals surface area contributed by atoms with E-state index in [0.717, 1.165) is 25.0 Å². The Morgan fingerprint density at radius 3 is 2.89 bits per heavy atom. The summed E-state index contributed by atoms with van der Waals surface area (Å²) in [5.41, 5.74) is 0.848. The topological polar surface area (TPSA) is 29.1 Å². The van der Waals surface area contributed by atoms with Crippen molar-refractivity contribution >= 4 is 21.8 Å². The fraction of sp³-hybridized carbons (Fsp3) is 0.500. The first-order valence-electron chi connectivity index (χ1n) is 2.92. The van der Waals surface area contributed by atoms with Crippen molar-refractivity contribution in [3.63, 3.8) is 0 Å². The number of carbonyl (C=O) groups is 1. The first-order chi connectivity index (χ1) is 4.34. The molecular formula is C6H8BrNO. The lowest BCUT2D eigenvalue weighted by atomic mass is 10.1. The molecule has 0 aromatic carbocycles. The van der Waals surface area contributed by atoms with E-state index in [1.807, 2.05) is 0 Å². The minimum atomic E-state index is 0.0677. The maximum atomic E-state index is 10.8. The van der Waals surface area contributed by atoms with Gasteiger partial charge in [-0.05, 0) is 17.8 Å². The van der Waals surface area contributed by atoms with Crippen LogP contribution in [0.15, 0.2) is 10.6 Å². The molecule has 1 rings (SSSR count). The van der Waals surface area contributed by atoms with E-state index in [-0.39, 0.29) is 5.91 Å². The standard InChI is InChI=1S/C6H8BrNO/c7-4-5-2-1-3-8-6(5)9/h4H,1-3H2,(H,8,9)/b5-4-. The summed E-state index contributed by atoms with van der Waals surface area (Å²) in [7, 11) is 0. The summed E-state index contributed by atoms with van der Waals surface area (Å²) >= 11 is 3.13. The molecule has 1 aliphatic heterocycles. The summed E-state index contributed by atoms with van der Waals surface area (Å²) in [4.78, 5) is 12.5. The first kappa shape index (κ1) is 6.81. The highest BCUT2D eigenvalue weighted by Gasteiger charge is 2.12. The highest BCUT2D eigenvalue weighted by molar-refractivity contribution is 9.11. The highest BCUT2D eigenvalue weighted by atomic mass is 79.9. The van der Waals surface area contributed by atoms with Gasteiger partial charge in [-0.3, -0.25) is 4.79 Å². The molecule has 0 unspecified atom stereocenters. The van der Waals surface area contributed by atoms with Gasteiger partial charge in [-0.15, -0.1) is 0 Å². The minimum Gasteiger partial charge on any atom is -0.352 e. The van der Waals surface area contributed by atoms with E-state index >= 15 is 0 Å². The minimum absolute atomic E-state index is 0.0677. The number of carbonyl (C=O) groups excluding carboxylic acids is 1. The summed E-state index contributed by atoms with van der Waals surface area (Å²) in [6, 6.07) is 0. The fourth-order valence-electron chi connectivity index (χ4n) is 0.812. The summed E-state index contributed by atoms with van der Waals surface area (Å²) in [6.45, 7) is 0.823. The van der Waals surface area contributed by atoms with Crippen LogP contribution in [0.3, 0.4) is 0 Å². The molecule has 1 N–H and O–H groups in total. The van der Waals surface area contributed by atoms with Crippen LogP contribution in [-0.2, 0) is 4.79 Å². The highest BCUT2D eigenvalue weighted by Crippen LogP contribution is 2.10. The zero-order valence-corrected chi connectivity index (χ0v) is 6.57. The van der Waals surface area contributed by atoms with Gasteiger partial charge in [0, 0.05) is 12.1 Å². The van der Waals surface area contributed by atoms with E-state index in [1.54, 1.807) is 4.99 Å². The molecule has 0 spiro atoms. The largest absolute Gasteiger partial charge is 0.352 e. The molecule has 0 aromatic heterocycles. The maximum Gasteiger partial charge on any atom is 0.247 e. The molecule has 2 nitrogen and oxygen atoms in total. The Balaban J connectivity index is 2.60. The molecule has 0 saturated carbocycles. The average molecular weight is 190 g/mol. The molecule has 0 aromatic rings. The van der Waals surface area contributed by atoms with E-state index in [1.165, 1.54) is 0 Å². The quantitative estimate of drug-likeness (QED) is 0.571. The Morgan fingerprint density at radius 2 is 2.44 bits per heavy atom. The van der Waals surface area contributed by atoms with Crippen LogP contribution in [0.5, 0.6) is 0 Å². The lowest BCUT2D eigenvalue weighted by Gasteiger charge is -2.12. The first-order valence-corrected chi connectivity index (χ1v) is 3.83. The Labute approximate surface area is 62.4 Å². The maximum absolute atomic E-state index is 10.8. The second-order valence-corrected chi connectivity index (χ2v) is 2.45. The van der Waals surface area contributed by atoms with Crippen molar-refractivity contribution in [3.05, 3.63) is 10.6 Å². The number of piperidine rings is 1. The Bertz CT molecular complexity index is 153. The summed E-state index contributed by atoms with van der Waals surface area (Å²) in [6.07, 6.45) is 1.96. The summed E-state index contributed by atoms with van der Waals surface area (Å²) < 4.78 is 0. The number of hydrogen-bond donors (Lipinski definition) is 1. The van der Waals surface area contributed by atoms with Gasteiger partial charge in [-0.2, -0.15) is 0 Å². The lowest BCUT2D eigenvalue weighted by molar-refractivity contribution is -0.118. The monoisotopic (exact) mass is 189 g/mol. The predicted molar refractivity (Wildman–Crippen MR) is 39.3 cm³/mol. The third kappa shape index (κ3) is 1.55.